The number of benzene rings is 2. The van der Waals surface area contributed by atoms with Gasteiger partial charge in [-0.1, -0.05) is 30.2 Å². The van der Waals surface area contributed by atoms with E-state index < -0.39 is 21.8 Å². The Morgan fingerprint density at radius 1 is 0.906 bits per heavy atom. The van der Waals surface area contributed by atoms with Gasteiger partial charge in [0.05, 0.1) is 11.4 Å². The van der Waals surface area contributed by atoms with Gasteiger partial charge in [-0.3, -0.25) is 20.4 Å². The van der Waals surface area contributed by atoms with Crippen LogP contribution >= 0.6 is 0 Å². The monoisotopic (exact) mass is 458 g/mol. The molecule has 1 fully saturated rings. The van der Waals surface area contributed by atoms with Gasteiger partial charge in [0.15, 0.2) is 0 Å². The fourth-order valence-corrected chi connectivity index (χ4v) is 5.46. The van der Waals surface area contributed by atoms with Crippen LogP contribution in [-0.4, -0.2) is 44.2 Å². The van der Waals surface area contributed by atoms with E-state index in [9.17, 15) is 18.0 Å². The number of sulfonamides is 1. The van der Waals surface area contributed by atoms with Crippen molar-refractivity contribution in [2.45, 2.75) is 44.9 Å². The number of nitrogens with one attached hydrogen (secondary N) is 3. The second-order valence-electron chi connectivity index (χ2n) is 8.12. The molecule has 2 amide bonds. The number of carbonyl (C=O) groups excluding carboxylic acids is 2. The lowest BCUT2D eigenvalue weighted by molar-refractivity contribution is -0.120. The first kappa shape index (κ1) is 23.7. The first-order valence-corrected chi connectivity index (χ1v) is 12.1. The average Bonchev–Trinajstić information content (AvgIpc) is 2.77. The second kappa shape index (κ2) is 10.1. The number of hydrogen-bond acceptors (Lipinski definition) is 5. The summed E-state index contributed by atoms with van der Waals surface area (Å²) in [5, 5.41) is 3.03. The van der Waals surface area contributed by atoms with E-state index in [0.717, 1.165) is 36.1 Å². The fraction of sp³-hybridized carbons (Fsp3) is 0.391. The summed E-state index contributed by atoms with van der Waals surface area (Å²) in [5.41, 5.74) is 8.43. The molecule has 0 spiro atoms. The zero-order valence-corrected chi connectivity index (χ0v) is 19.5. The van der Waals surface area contributed by atoms with Crippen LogP contribution in [0.4, 0.5) is 5.69 Å². The molecule has 1 aliphatic rings. The molecule has 0 aromatic heterocycles. The smallest absolute Gasteiger partial charge is 0.269 e. The molecule has 0 radical (unpaired) electrons. The predicted molar refractivity (Wildman–Crippen MR) is 124 cm³/mol. The minimum atomic E-state index is -3.67. The van der Waals surface area contributed by atoms with E-state index in [-0.39, 0.29) is 17.0 Å². The maximum atomic E-state index is 13.0. The molecule has 0 saturated carbocycles. The normalized spacial score (nSPS) is 14.6. The summed E-state index contributed by atoms with van der Waals surface area (Å²) in [6.45, 7) is 6.60. The van der Waals surface area contributed by atoms with Crippen molar-refractivity contribution in [2.24, 2.45) is 0 Å². The van der Waals surface area contributed by atoms with Crippen LogP contribution in [0.5, 0.6) is 0 Å². The molecule has 2 aromatic rings. The summed E-state index contributed by atoms with van der Waals surface area (Å²) < 4.78 is 27.5. The first-order valence-electron chi connectivity index (χ1n) is 10.7. The topological polar surface area (TPSA) is 108 Å². The number of hydrazine groups is 1. The largest absolute Gasteiger partial charge is 0.376 e. The van der Waals surface area contributed by atoms with E-state index in [1.165, 1.54) is 10.4 Å². The van der Waals surface area contributed by atoms with Gasteiger partial charge in [-0.05, 0) is 62.9 Å². The summed E-state index contributed by atoms with van der Waals surface area (Å²) in [6, 6.07) is 10.4. The van der Waals surface area contributed by atoms with Crippen molar-refractivity contribution in [2.75, 3.05) is 25.0 Å². The van der Waals surface area contributed by atoms with Crippen LogP contribution in [0, 0.1) is 20.8 Å². The van der Waals surface area contributed by atoms with Crippen molar-refractivity contribution in [3.63, 3.8) is 0 Å². The van der Waals surface area contributed by atoms with Gasteiger partial charge < -0.3 is 5.32 Å². The zero-order valence-electron chi connectivity index (χ0n) is 18.7. The quantitative estimate of drug-likeness (QED) is 0.577. The van der Waals surface area contributed by atoms with Crippen LogP contribution in [0.25, 0.3) is 0 Å². The van der Waals surface area contributed by atoms with Gasteiger partial charge in [-0.15, -0.1) is 0 Å². The molecule has 1 saturated heterocycles. The molecule has 9 heteroatoms. The van der Waals surface area contributed by atoms with Crippen molar-refractivity contribution in [3.8, 4) is 0 Å². The molecule has 3 N–H and O–H groups in total. The van der Waals surface area contributed by atoms with Crippen molar-refractivity contribution < 1.29 is 18.0 Å². The third-order valence-corrected chi connectivity index (χ3v) is 7.56. The van der Waals surface area contributed by atoms with Crippen molar-refractivity contribution in [1.29, 1.82) is 0 Å². The average molecular weight is 459 g/mol. The number of aryl methyl sites for hydroxylation is 3. The molecule has 2 aromatic carbocycles. The van der Waals surface area contributed by atoms with Gasteiger partial charge in [0.2, 0.25) is 10.0 Å². The number of nitrogens with zero attached hydrogens (tertiary/aromatic N) is 1. The van der Waals surface area contributed by atoms with Crippen LogP contribution in [-0.2, 0) is 14.8 Å². The second-order valence-corrected chi connectivity index (χ2v) is 10.0. The Bertz CT molecular complexity index is 1110. The van der Waals surface area contributed by atoms with E-state index in [1.807, 2.05) is 32.0 Å². The van der Waals surface area contributed by atoms with Gasteiger partial charge >= 0.3 is 0 Å². The lowest BCUT2D eigenvalue weighted by Gasteiger charge is -2.26. The Labute approximate surface area is 189 Å². The SMILES string of the molecule is Cc1ccc(NCC(=O)NNC(=O)c2ccc(C)c(S(=O)(=O)N3CCCCC3)c2)c(C)c1. The molecule has 0 unspecified atom stereocenters. The lowest BCUT2D eigenvalue weighted by atomic mass is 10.1. The van der Waals surface area contributed by atoms with E-state index >= 15 is 0 Å². The van der Waals surface area contributed by atoms with E-state index in [2.05, 4.69) is 16.2 Å². The number of rotatable bonds is 6. The van der Waals surface area contributed by atoms with Crippen LogP contribution in [0.1, 0.15) is 46.3 Å². The van der Waals surface area contributed by atoms with Crippen LogP contribution in [0.15, 0.2) is 41.3 Å². The van der Waals surface area contributed by atoms with E-state index in [0.29, 0.717) is 18.7 Å². The van der Waals surface area contributed by atoms with Gasteiger partial charge in [0.1, 0.15) is 0 Å². The Balaban J connectivity index is 1.61. The molecule has 8 nitrogen and oxygen atoms in total. The number of amides is 2. The highest BCUT2D eigenvalue weighted by Crippen LogP contribution is 2.24. The summed E-state index contributed by atoms with van der Waals surface area (Å²) >= 11 is 0. The predicted octanol–water partition coefficient (Wildman–Crippen LogP) is 2.66. The molecule has 1 aliphatic heterocycles. The maximum Gasteiger partial charge on any atom is 0.269 e. The van der Waals surface area contributed by atoms with Crippen molar-refractivity contribution in [1.82, 2.24) is 15.2 Å². The number of carbonyl (C=O) groups is 2. The van der Waals surface area contributed by atoms with Crippen LogP contribution < -0.4 is 16.2 Å². The van der Waals surface area contributed by atoms with E-state index in [1.54, 1.807) is 19.1 Å². The number of anilines is 1. The Hall–Kier alpha value is -2.91. The molecule has 0 atom stereocenters. The van der Waals surface area contributed by atoms with Crippen LogP contribution in [0.2, 0.25) is 0 Å². The minimum absolute atomic E-state index is 0.0212. The number of hydrogen-bond donors (Lipinski definition) is 3. The molecule has 1 heterocycles. The Morgan fingerprint density at radius 3 is 2.31 bits per heavy atom. The van der Waals surface area contributed by atoms with Crippen molar-refractivity contribution >= 4 is 27.5 Å². The highest BCUT2D eigenvalue weighted by atomic mass is 32.2. The van der Waals surface area contributed by atoms with Crippen LogP contribution in [0.3, 0.4) is 0 Å². The molecule has 3 rings (SSSR count). The molecule has 32 heavy (non-hydrogen) atoms. The first-order chi connectivity index (χ1) is 15.2. The minimum Gasteiger partial charge on any atom is -0.376 e. The highest BCUT2D eigenvalue weighted by molar-refractivity contribution is 7.89. The summed E-state index contributed by atoms with van der Waals surface area (Å²) in [6.07, 6.45) is 2.69. The van der Waals surface area contributed by atoms with Gasteiger partial charge in [-0.25, -0.2) is 8.42 Å². The molecule has 0 aliphatic carbocycles. The molecular formula is C23H30N4O4S. The summed E-state index contributed by atoms with van der Waals surface area (Å²) in [5.74, 6) is -1.01. The Kier molecular flexibility index (Phi) is 7.52. The fourth-order valence-electron chi connectivity index (χ4n) is 3.69. The number of piperidine rings is 1. The Morgan fingerprint density at radius 2 is 1.62 bits per heavy atom. The zero-order chi connectivity index (χ0) is 23.3. The highest BCUT2D eigenvalue weighted by Gasteiger charge is 2.28. The van der Waals surface area contributed by atoms with Crippen molar-refractivity contribution in [3.05, 3.63) is 58.7 Å². The third kappa shape index (κ3) is 5.66. The molecule has 0 bridgehead atoms. The van der Waals surface area contributed by atoms with E-state index in [4.69, 9.17) is 0 Å². The maximum absolute atomic E-state index is 13.0. The molecule has 172 valence electrons. The summed E-state index contributed by atoms with van der Waals surface area (Å²) in [7, 11) is -3.67. The third-order valence-electron chi connectivity index (χ3n) is 5.52. The van der Waals surface area contributed by atoms with Gasteiger partial charge in [0.25, 0.3) is 11.8 Å². The summed E-state index contributed by atoms with van der Waals surface area (Å²) in [4.78, 5) is 24.8. The van der Waals surface area contributed by atoms with Gasteiger partial charge in [0, 0.05) is 24.3 Å². The standard InChI is InChI=1S/C23H30N4O4S/c1-16-7-10-20(18(3)13-16)24-15-22(28)25-26-23(29)19-9-8-17(2)21(14-19)32(30,31)27-11-5-4-6-12-27/h7-10,13-14,24H,4-6,11-12,15H2,1-3H3,(H,25,28)(H,26,29). The lowest BCUT2D eigenvalue weighted by Crippen LogP contribution is -2.44. The van der Waals surface area contributed by atoms with Gasteiger partial charge in [-0.2, -0.15) is 4.31 Å². The molecular weight excluding hydrogens is 428 g/mol.